The van der Waals surface area contributed by atoms with Crippen LogP contribution in [-0.4, -0.2) is 11.6 Å². The summed E-state index contributed by atoms with van der Waals surface area (Å²) in [6.45, 7) is 12.6. The van der Waals surface area contributed by atoms with Gasteiger partial charge in [-0.2, -0.15) is 0 Å². The zero-order chi connectivity index (χ0) is 16.3. The molecule has 0 aliphatic heterocycles. The van der Waals surface area contributed by atoms with Crippen LogP contribution in [0.15, 0.2) is 23.8 Å². The Kier molecular flexibility index (Phi) is 3.50. The van der Waals surface area contributed by atoms with E-state index in [1.807, 2.05) is 0 Å². The minimum absolute atomic E-state index is 0.0976. The van der Waals surface area contributed by atoms with Crippen molar-refractivity contribution in [2.45, 2.75) is 59.8 Å². The van der Waals surface area contributed by atoms with Gasteiger partial charge in [0, 0.05) is 11.8 Å². The number of Topliss-reactive ketones (excluding diaryl/α,β-unsaturated/α-hetero) is 1. The third-order valence-corrected chi connectivity index (χ3v) is 7.24. The SMILES string of the molecule is C=C(C)C1CCC2(C)C1CCC1(C)C(=O)C=C(C)C(=O)CC12. The van der Waals surface area contributed by atoms with Crippen molar-refractivity contribution in [3.8, 4) is 0 Å². The fourth-order valence-electron chi connectivity index (χ4n) is 5.77. The van der Waals surface area contributed by atoms with Crippen LogP contribution in [0.3, 0.4) is 0 Å². The maximum Gasteiger partial charge on any atom is 0.162 e. The van der Waals surface area contributed by atoms with Crippen molar-refractivity contribution in [2.75, 3.05) is 0 Å². The summed E-state index contributed by atoms with van der Waals surface area (Å²) in [5.74, 6) is 1.68. The van der Waals surface area contributed by atoms with E-state index in [4.69, 9.17) is 0 Å². The molecular formula is C20H28O2. The number of hydrogen-bond donors (Lipinski definition) is 0. The van der Waals surface area contributed by atoms with Crippen molar-refractivity contribution >= 4 is 11.6 Å². The first-order chi connectivity index (χ1) is 10.2. The van der Waals surface area contributed by atoms with E-state index in [9.17, 15) is 9.59 Å². The molecule has 5 atom stereocenters. The van der Waals surface area contributed by atoms with Gasteiger partial charge in [-0.15, -0.1) is 0 Å². The molecule has 0 heterocycles. The van der Waals surface area contributed by atoms with Crippen LogP contribution >= 0.6 is 0 Å². The number of carbonyl (C=O) groups excluding carboxylic acids is 2. The third kappa shape index (κ3) is 1.99. The topological polar surface area (TPSA) is 34.1 Å². The Balaban J connectivity index is 2.05. The second-order valence-corrected chi connectivity index (χ2v) is 8.43. The van der Waals surface area contributed by atoms with E-state index in [1.54, 1.807) is 13.0 Å². The third-order valence-electron chi connectivity index (χ3n) is 7.24. The van der Waals surface area contributed by atoms with E-state index >= 15 is 0 Å². The lowest BCUT2D eigenvalue weighted by Crippen LogP contribution is -2.50. The Labute approximate surface area is 134 Å². The molecule has 0 bridgehead atoms. The highest BCUT2D eigenvalue weighted by atomic mass is 16.1. The van der Waals surface area contributed by atoms with Crippen LogP contribution in [0.2, 0.25) is 0 Å². The predicted molar refractivity (Wildman–Crippen MR) is 88.4 cm³/mol. The van der Waals surface area contributed by atoms with Gasteiger partial charge < -0.3 is 0 Å². The van der Waals surface area contributed by atoms with E-state index in [-0.39, 0.29) is 28.3 Å². The lowest BCUT2D eigenvalue weighted by molar-refractivity contribution is -0.138. The quantitative estimate of drug-likeness (QED) is 0.668. The van der Waals surface area contributed by atoms with Gasteiger partial charge in [-0.25, -0.2) is 0 Å². The Morgan fingerprint density at radius 3 is 2.55 bits per heavy atom. The maximum absolute atomic E-state index is 12.8. The normalized spacial score (nSPS) is 44.9. The Morgan fingerprint density at radius 1 is 1.23 bits per heavy atom. The molecule has 2 fully saturated rings. The number of ketones is 2. The van der Waals surface area contributed by atoms with E-state index in [2.05, 4.69) is 27.4 Å². The second-order valence-electron chi connectivity index (χ2n) is 8.43. The van der Waals surface area contributed by atoms with Crippen molar-refractivity contribution in [3.63, 3.8) is 0 Å². The number of carbonyl (C=O) groups is 2. The van der Waals surface area contributed by atoms with Crippen molar-refractivity contribution in [3.05, 3.63) is 23.8 Å². The molecule has 3 rings (SSSR count). The van der Waals surface area contributed by atoms with Crippen LogP contribution < -0.4 is 0 Å². The molecule has 0 aromatic carbocycles. The van der Waals surface area contributed by atoms with Gasteiger partial charge in [-0.3, -0.25) is 9.59 Å². The van der Waals surface area contributed by atoms with E-state index in [0.29, 0.717) is 23.8 Å². The molecule has 0 N–H and O–H groups in total. The van der Waals surface area contributed by atoms with Crippen molar-refractivity contribution in [1.82, 2.24) is 0 Å². The summed E-state index contributed by atoms with van der Waals surface area (Å²) in [5.41, 5.74) is 1.66. The van der Waals surface area contributed by atoms with Gasteiger partial charge in [0.1, 0.15) is 0 Å². The second kappa shape index (κ2) is 4.91. The minimum atomic E-state index is -0.358. The smallest absolute Gasteiger partial charge is 0.162 e. The summed E-state index contributed by atoms with van der Waals surface area (Å²) in [5, 5.41) is 0. The molecule has 22 heavy (non-hydrogen) atoms. The van der Waals surface area contributed by atoms with Gasteiger partial charge in [-0.1, -0.05) is 26.0 Å². The summed E-state index contributed by atoms with van der Waals surface area (Å²) >= 11 is 0. The molecule has 2 nitrogen and oxygen atoms in total. The van der Waals surface area contributed by atoms with Gasteiger partial charge in [0.2, 0.25) is 0 Å². The summed E-state index contributed by atoms with van der Waals surface area (Å²) in [6, 6.07) is 0. The van der Waals surface area contributed by atoms with Gasteiger partial charge >= 0.3 is 0 Å². The van der Waals surface area contributed by atoms with Crippen LogP contribution in [0.25, 0.3) is 0 Å². The molecule has 0 radical (unpaired) electrons. The van der Waals surface area contributed by atoms with Gasteiger partial charge in [-0.05, 0) is 74.3 Å². The maximum atomic E-state index is 12.8. The van der Waals surface area contributed by atoms with Crippen molar-refractivity contribution < 1.29 is 9.59 Å². The molecule has 3 aliphatic carbocycles. The molecule has 2 saturated carbocycles. The average Bonchev–Trinajstić information content (AvgIpc) is 2.75. The summed E-state index contributed by atoms with van der Waals surface area (Å²) in [7, 11) is 0. The fourth-order valence-corrected chi connectivity index (χ4v) is 5.77. The van der Waals surface area contributed by atoms with Crippen LogP contribution in [0.5, 0.6) is 0 Å². The molecular weight excluding hydrogens is 272 g/mol. The minimum Gasteiger partial charge on any atom is -0.295 e. The number of rotatable bonds is 1. The number of fused-ring (bicyclic) bond motifs is 3. The van der Waals surface area contributed by atoms with Crippen LogP contribution in [0.4, 0.5) is 0 Å². The summed E-state index contributed by atoms with van der Waals surface area (Å²) < 4.78 is 0. The van der Waals surface area contributed by atoms with Crippen LogP contribution in [0, 0.1) is 28.6 Å². The highest BCUT2D eigenvalue weighted by Crippen LogP contribution is 2.65. The molecule has 2 heteroatoms. The predicted octanol–water partition coefficient (Wildman–Crippen LogP) is 4.50. The molecule has 120 valence electrons. The number of allylic oxidation sites excluding steroid dienone is 3. The van der Waals surface area contributed by atoms with Crippen LogP contribution in [-0.2, 0) is 9.59 Å². The van der Waals surface area contributed by atoms with E-state index in [1.165, 1.54) is 5.57 Å². The first-order valence-electron chi connectivity index (χ1n) is 8.61. The zero-order valence-corrected chi connectivity index (χ0v) is 14.4. The van der Waals surface area contributed by atoms with Crippen LogP contribution in [0.1, 0.15) is 59.8 Å². The van der Waals surface area contributed by atoms with Gasteiger partial charge in [0.15, 0.2) is 11.6 Å². The van der Waals surface area contributed by atoms with E-state index < -0.39 is 0 Å². The highest BCUT2D eigenvalue weighted by Gasteiger charge is 2.60. The lowest BCUT2D eigenvalue weighted by atomic mass is 9.50. The summed E-state index contributed by atoms with van der Waals surface area (Å²) in [4.78, 5) is 25.3. The van der Waals surface area contributed by atoms with Gasteiger partial charge in [0.25, 0.3) is 0 Å². The lowest BCUT2D eigenvalue weighted by Gasteiger charge is -2.53. The largest absolute Gasteiger partial charge is 0.295 e. The first kappa shape index (κ1) is 15.7. The average molecular weight is 300 g/mol. The highest BCUT2D eigenvalue weighted by molar-refractivity contribution is 6.06. The number of hydrogen-bond acceptors (Lipinski definition) is 2. The fraction of sp³-hybridized carbons (Fsp3) is 0.700. The molecule has 0 amide bonds. The summed E-state index contributed by atoms with van der Waals surface area (Å²) in [6.07, 6.45) is 6.45. The van der Waals surface area contributed by atoms with Crippen molar-refractivity contribution in [1.29, 1.82) is 0 Å². The molecule has 5 unspecified atom stereocenters. The Hall–Kier alpha value is -1.18. The van der Waals surface area contributed by atoms with E-state index in [0.717, 1.165) is 25.7 Å². The monoisotopic (exact) mass is 300 g/mol. The van der Waals surface area contributed by atoms with Crippen molar-refractivity contribution in [2.24, 2.45) is 28.6 Å². The molecule has 0 spiro atoms. The molecule has 0 saturated heterocycles. The molecule has 0 aromatic heterocycles. The van der Waals surface area contributed by atoms with Gasteiger partial charge in [0.05, 0.1) is 0 Å². The standard InChI is InChI=1S/C20H28O2/c1-12(2)14-6-8-19(4)15(14)7-9-20(5)17(19)11-16(21)13(3)10-18(20)22/h10,14-15,17H,1,6-9,11H2,2-5H3. The Bertz CT molecular complexity index is 585. The first-order valence-corrected chi connectivity index (χ1v) is 8.61. The molecule has 3 aliphatic rings. The zero-order valence-electron chi connectivity index (χ0n) is 14.4. The Morgan fingerprint density at radius 2 is 1.91 bits per heavy atom. The molecule has 0 aromatic rings.